The second-order valence-corrected chi connectivity index (χ2v) is 5.34. The van der Waals surface area contributed by atoms with Crippen molar-refractivity contribution in [3.05, 3.63) is 35.4 Å². The van der Waals surface area contributed by atoms with Crippen molar-refractivity contribution >= 4 is 0 Å². The smallest absolute Gasteiger partial charge is 0.0601 e. The van der Waals surface area contributed by atoms with E-state index in [1.165, 1.54) is 24.0 Å². The van der Waals surface area contributed by atoms with Gasteiger partial charge in [-0.25, -0.2) is 0 Å². The lowest BCUT2D eigenvalue weighted by atomic mass is 10.1. The van der Waals surface area contributed by atoms with Crippen LogP contribution in [0, 0.1) is 12.3 Å². The second kappa shape index (κ2) is 7.33. The van der Waals surface area contributed by atoms with Crippen LogP contribution in [0.3, 0.4) is 0 Å². The van der Waals surface area contributed by atoms with Crippen molar-refractivity contribution in [3.63, 3.8) is 0 Å². The lowest BCUT2D eigenvalue weighted by Gasteiger charge is -2.21. The van der Waals surface area contributed by atoms with Crippen LogP contribution in [-0.4, -0.2) is 24.0 Å². The second-order valence-electron chi connectivity index (χ2n) is 5.34. The summed E-state index contributed by atoms with van der Waals surface area (Å²) in [6, 6.07) is 9.45. The van der Waals surface area contributed by atoms with E-state index in [9.17, 15) is 0 Å². The summed E-state index contributed by atoms with van der Waals surface area (Å²) < 4.78 is 0. The molecule has 0 radical (unpaired) electrons. The average molecular weight is 256 g/mol. The molecular weight excluding hydrogens is 232 g/mol. The quantitative estimate of drug-likeness (QED) is 0.720. The normalized spacial score (nSPS) is 14.6. The molecule has 1 aromatic carbocycles. The summed E-state index contributed by atoms with van der Waals surface area (Å²) in [5, 5.41) is 3.59. The highest BCUT2D eigenvalue weighted by Crippen LogP contribution is 2.20. The van der Waals surface area contributed by atoms with E-state index in [1.54, 1.807) is 0 Å². The van der Waals surface area contributed by atoms with Crippen LogP contribution in [-0.2, 0) is 13.1 Å². The predicted octanol–water partition coefficient (Wildman–Crippen LogP) is 2.78. The molecule has 0 bridgehead atoms. The van der Waals surface area contributed by atoms with Gasteiger partial charge in [0.15, 0.2) is 0 Å². The van der Waals surface area contributed by atoms with Gasteiger partial charge in [0.1, 0.15) is 0 Å². The van der Waals surface area contributed by atoms with Gasteiger partial charge in [-0.2, -0.15) is 0 Å². The highest BCUT2D eigenvalue weighted by molar-refractivity contribution is 5.27. The van der Waals surface area contributed by atoms with Gasteiger partial charge in [0, 0.05) is 19.1 Å². The fraction of sp³-hybridized carbons (Fsp3) is 0.529. The Hall–Kier alpha value is -1.30. The lowest BCUT2D eigenvalue weighted by Crippen LogP contribution is -2.26. The molecule has 19 heavy (non-hydrogen) atoms. The van der Waals surface area contributed by atoms with Crippen molar-refractivity contribution in [2.24, 2.45) is 0 Å². The minimum Gasteiger partial charge on any atom is -0.310 e. The van der Waals surface area contributed by atoms with Gasteiger partial charge in [-0.1, -0.05) is 37.1 Å². The standard InChI is InChI=1S/C17H24N2/c1-3-11-19(12-4-2)14-16-8-6-5-7-15(16)13-18-17-9-10-17/h1,5-8,17-18H,4,9-14H2,2H3. The SMILES string of the molecule is C#CCN(CCC)Cc1ccccc1CNC1CC1. The van der Waals surface area contributed by atoms with Crippen molar-refractivity contribution in [2.45, 2.75) is 45.3 Å². The molecule has 1 fully saturated rings. The number of hydrogen-bond acceptors (Lipinski definition) is 2. The first-order valence-electron chi connectivity index (χ1n) is 7.29. The largest absolute Gasteiger partial charge is 0.310 e. The molecule has 1 aliphatic rings. The van der Waals surface area contributed by atoms with E-state index in [4.69, 9.17) is 6.42 Å². The first-order chi connectivity index (χ1) is 9.33. The molecule has 0 aliphatic heterocycles. The Bertz CT molecular complexity index is 429. The van der Waals surface area contributed by atoms with E-state index in [-0.39, 0.29) is 0 Å². The number of terminal acetylenes is 1. The summed E-state index contributed by atoms with van der Waals surface area (Å²) in [5.41, 5.74) is 2.81. The highest BCUT2D eigenvalue weighted by atomic mass is 15.1. The van der Waals surface area contributed by atoms with Crippen molar-refractivity contribution < 1.29 is 0 Å². The Balaban J connectivity index is 1.98. The monoisotopic (exact) mass is 256 g/mol. The topological polar surface area (TPSA) is 15.3 Å². The maximum absolute atomic E-state index is 5.45. The molecule has 2 nitrogen and oxygen atoms in total. The van der Waals surface area contributed by atoms with E-state index >= 15 is 0 Å². The maximum Gasteiger partial charge on any atom is 0.0601 e. The highest BCUT2D eigenvalue weighted by Gasteiger charge is 2.20. The van der Waals surface area contributed by atoms with E-state index in [2.05, 4.69) is 47.3 Å². The molecule has 0 amide bonds. The minimum absolute atomic E-state index is 0.734. The van der Waals surface area contributed by atoms with Crippen LogP contribution in [0.2, 0.25) is 0 Å². The van der Waals surface area contributed by atoms with Crippen LogP contribution >= 0.6 is 0 Å². The van der Waals surface area contributed by atoms with Crippen LogP contribution in [0.15, 0.2) is 24.3 Å². The summed E-state index contributed by atoms with van der Waals surface area (Å²) in [4.78, 5) is 2.34. The number of hydrogen-bond donors (Lipinski definition) is 1. The Morgan fingerprint density at radius 2 is 2.05 bits per heavy atom. The summed E-state index contributed by atoms with van der Waals surface area (Å²) in [7, 11) is 0. The molecule has 0 spiro atoms. The Morgan fingerprint density at radius 1 is 1.32 bits per heavy atom. The van der Waals surface area contributed by atoms with Crippen molar-refractivity contribution in [2.75, 3.05) is 13.1 Å². The van der Waals surface area contributed by atoms with Crippen LogP contribution in [0.25, 0.3) is 0 Å². The molecule has 2 heteroatoms. The molecular formula is C17H24N2. The number of nitrogens with zero attached hydrogens (tertiary/aromatic N) is 1. The number of nitrogens with one attached hydrogen (secondary N) is 1. The van der Waals surface area contributed by atoms with Gasteiger partial charge in [0.2, 0.25) is 0 Å². The molecule has 0 aromatic heterocycles. The lowest BCUT2D eigenvalue weighted by molar-refractivity contribution is 0.298. The molecule has 1 N–H and O–H groups in total. The van der Waals surface area contributed by atoms with Gasteiger partial charge in [0.05, 0.1) is 6.54 Å². The van der Waals surface area contributed by atoms with Gasteiger partial charge in [0.25, 0.3) is 0 Å². The Kier molecular flexibility index (Phi) is 5.44. The number of rotatable bonds is 8. The third-order valence-corrected chi connectivity index (χ3v) is 3.53. The van der Waals surface area contributed by atoms with Gasteiger partial charge < -0.3 is 5.32 Å². The molecule has 0 saturated heterocycles. The summed E-state index contributed by atoms with van der Waals surface area (Å²) in [6.07, 6.45) is 9.27. The molecule has 1 saturated carbocycles. The van der Waals surface area contributed by atoms with Gasteiger partial charge in [-0.15, -0.1) is 6.42 Å². The van der Waals surface area contributed by atoms with E-state index in [0.717, 1.165) is 38.6 Å². The summed E-state index contributed by atoms with van der Waals surface area (Å²) in [5.74, 6) is 2.76. The van der Waals surface area contributed by atoms with E-state index < -0.39 is 0 Å². The van der Waals surface area contributed by atoms with Gasteiger partial charge >= 0.3 is 0 Å². The van der Waals surface area contributed by atoms with Crippen molar-refractivity contribution in [3.8, 4) is 12.3 Å². The van der Waals surface area contributed by atoms with Crippen molar-refractivity contribution in [1.29, 1.82) is 0 Å². The average Bonchev–Trinajstić information content (AvgIpc) is 3.22. The zero-order valence-electron chi connectivity index (χ0n) is 11.9. The predicted molar refractivity (Wildman–Crippen MR) is 80.7 cm³/mol. The maximum atomic E-state index is 5.45. The summed E-state index contributed by atoms with van der Waals surface area (Å²) in [6.45, 7) is 5.94. The molecule has 102 valence electrons. The number of benzene rings is 1. The fourth-order valence-electron chi connectivity index (χ4n) is 2.33. The van der Waals surface area contributed by atoms with Crippen LogP contribution < -0.4 is 5.32 Å². The molecule has 0 heterocycles. The van der Waals surface area contributed by atoms with Crippen LogP contribution in [0.4, 0.5) is 0 Å². The zero-order chi connectivity index (χ0) is 13.5. The van der Waals surface area contributed by atoms with Gasteiger partial charge in [-0.05, 0) is 36.9 Å². The molecule has 0 atom stereocenters. The molecule has 1 aliphatic carbocycles. The molecule has 2 rings (SSSR count). The van der Waals surface area contributed by atoms with Crippen LogP contribution in [0.1, 0.15) is 37.3 Å². The fourth-order valence-corrected chi connectivity index (χ4v) is 2.33. The molecule has 0 unspecified atom stereocenters. The first kappa shape index (κ1) is 14.1. The Morgan fingerprint density at radius 3 is 2.68 bits per heavy atom. The van der Waals surface area contributed by atoms with E-state index in [0.29, 0.717) is 0 Å². The van der Waals surface area contributed by atoms with E-state index in [1.807, 2.05) is 0 Å². The van der Waals surface area contributed by atoms with Crippen molar-refractivity contribution in [1.82, 2.24) is 10.2 Å². The Labute approximate surface area is 117 Å². The third kappa shape index (κ3) is 4.70. The first-order valence-corrected chi connectivity index (χ1v) is 7.29. The summed E-state index contributed by atoms with van der Waals surface area (Å²) >= 11 is 0. The molecule has 1 aromatic rings. The van der Waals surface area contributed by atoms with Gasteiger partial charge in [-0.3, -0.25) is 4.90 Å². The third-order valence-electron chi connectivity index (χ3n) is 3.53. The minimum atomic E-state index is 0.734. The zero-order valence-corrected chi connectivity index (χ0v) is 11.9. The van der Waals surface area contributed by atoms with Crippen LogP contribution in [0.5, 0.6) is 0 Å².